The molecule has 0 saturated heterocycles. The summed E-state index contributed by atoms with van der Waals surface area (Å²) < 4.78 is 0. The van der Waals surface area contributed by atoms with Gasteiger partial charge in [-0.15, -0.1) is 0 Å². The first-order chi connectivity index (χ1) is 9.71. The van der Waals surface area contributed by atoms with Gasteiger partial charge in [0.1, 0.15) is 0 Å². The summed E-state index contributed by atoms with van der Waals surface area (Å²) in [7, 11) is 0. The Labute approximate surface area is 120 Å². The number of hydrogen-bond acceptors (Lipinski definition) is 2. The molecule has 0 radical (unpaired) electrons. The maximum Gasteiger partial charge on any atom is 0.0652 e. The lowest BCUT2D eigenvalue weighted by Crippen LogP contribution is -2.44. The first kappa shape index (κ1) is 13.3. The monoisotopic (exact) mass is 267 g/mol. The summed E-state index contributed by atoms with van der Waals surface area (Å²) in [6.45, 7) is 2.19. The van der Waals surface area contributed by atoms with Gasteiger partial charge in [-0.05, 0) is 36.5 Å². The number of hydrogen-bond donors (Lipinski definition) is 2. The van der Waals surface area contributed by atoms with Crippen molar-refractivity contribution in [1.82, 2.24) is 5.32 Å². The molecule has 0 amide bonds. The Hall–Kier alpha value is -1.64. The highest BCUT2D eigenvalue weighted by atomic mass is 16.3. The van der Waals surface area contributed by atoms with Gasteiger partial charge in [-0.1, -0.05) is 54.6 Å². The maximum absolute atomic E-state index is 9.74. The molecule has 1 aliphatic rings. The van der Waals surface area contributed by atoms with E-state index in [-0.39, 0.29) is 12.1 Å². The lowest BCUT2D eigenvalue weighted by molar-refractivity contribution is 0.173. The molecule has 20 heavy (non-hydrogen) atoms. The number of benzene rings is 2. The second kappa shape index (κ2) is 5.39. The van der Waals surface area contributed by atoms with Crippen LogP contribution in [0.25, 0.3) is 11.1 Å². The van der Waals surface area contributed by atoms with Gasteiger partial charge in [0.05, 0.1) is 12.1 Å². The van der Waals surface area contributed by atoms with Crippen molar-refractivity contribution in [3.8, 4) is 11.1 Å². The number of aliphatic hydroxyl groups is 1. The standard InChI is InChI=1S/C18H21NO/c1-18(13-20,19-17-11-12-17)16-9-7-15(8-10-16)14-5-3-2-4-6-14/h2-10,17,19-20H,11-13H2,1H3. The van der Waals surface area contributed by atoms with Crippen LogP contribution in [0.15, 0.2) is 54.6 Å². The zero-order valence-electron chi connectivity index (χ0n) is 11.8. The van der Waals surface area contributed by atoms with E-state index in [4.69, 9.17) is 0 Å². The fourth-order valence-corrected chi connectivity index (χ4v) is 2.56. The molecular weight excluding hydrogens is 246 g/mol. The highest BCUT2D eigenvalue weighted by Crippen LogP contribution is 2.29. The predicted octanol–water partition coefficient (Wildman–Crippen LogP) is 3.31. The molecule has 0 aromatic heterocycles. The Balaban J connectivity index is 1.84. The molecule has 0 bridgehead atoms. The summed E-state index contributed by atoms with van der Waals surface area (Å²) in [5.41, 5.74) is 3.24. The number of nitrogens with one attached hydrogen (secondary N) is 1. The zero-order chi connectivity index (χ0) is 14.0. The molecule has 1 fully saturated rings. The van der Waals surface area contributed by atoms with E-state index in [0.717, 1.165) is 5.56 Å². The summed E-state index contributed by atoms with van der Waals surface area (Å²) in [4.78, 5) is 0. The van der Waals surface area contributed by atoms with E-state index in [2.05, 4.69) is 60.8 Å². The van der Waals surface area contributed by atoms with Crippen LogP contribution in [0.5, 0.6) is 0 Å². The van der Waals surface area contributed by atoms with Gasteiger partial charge in [0.2, 0.25) is 0 Å². The summed E-state index contributed by atoms with van der Waals surface area (Å²) >= 11 is 0. The van der Waals surface area contributed by atoms with Crippen molar-refractivity contribution < 1.29 is 5.11 Å². The summed E-state index contributed by atoms with van der Waals surface area (Å²) in [5.74, 6) is 0. The van der Waals surface area contributed by atoms with E-state index >= 15 is 0 Å². The van der Waals surface area contributed by atoms with Gasteiger partial charge < -0.3 is 10.4 Å². The van der Waals surface area contributed by atoms with Crippen molar-refractivity contribution in [2.24, 2.45) is 0 Å². The van der Waals surface area contributed by atoms with Crippen LogP contribution in [0.1, 0.15) is 25.3 Å². The van der Waals surface area contributed by atoms with Gasteiger partial charge in [-0.25, -0.2) is 0 Å². The summed E-state index contributed by atoms with van der Waals surface area (Å²) in [5, 5.41) is 13.3. The van der Waals surface area contributed by atoms with Crippen LogP contribution >= 0.6 is 0 Å². The molecule has 2 N–H and O–H groups in total. The Morgan fingerprint density at radius 2 is 1.60 bits per heavy atom. The third-order valence-corrected chi connectivity index (χ3v) is 4.05. The van der Waals surface area contributed by atoms with Crippen molar-refractivity contribution in [2.45, 2.75) is 31.3 Å². The van der Waals surface area contributed by atoms with Gasteiger partial charge in [-0.3, -0.25) is 0 Å². The van der Waals surface area contributed by atoms with Crippen LogP contribution in [-0.4, -0.2) is 17.8 Å². The van der Waals surface area contributed by atoms with Gasteiger partial charge >= 0.3 is 0 Å². The Morgan fingerprint density at radius 3 is 2.15 bits per heavy atom. The molecule has 2 heteroatoms. The molecule has 2 aromatic rings. The van der Waals surface area contributed by atoms with Gasteiger partial charge in [-0.2, -0.15) is 0 Å². The normalized spacial score (nSPS) is 17.7. The van der Waals surface area contributed by atoms with Crippen molar-refractivity contribution >= 4 is 0 Å². The van der Waals surface area contributed by atoms with Crippen molar-refractivity contribution in [3.05, 3.63) is 60.2 Å². The Bertz CT molecular complexity index is 560. The minimum atomic E-state index is -0.337. The van der Waals surface area contributed by atoms with Crippen molar-refractivity contribution in [2.75, 3.05) is 6.61 Å². The van der Waals surface area contributed by atoms with Gasteiger partial charge in [0.15, 0.2) is 0 Å². The Morgan fingerprint density at radius 1 is 1.00 bits per heavy atom. The quantitative estimate of drug-likeness (QED) is 0.871. The van der Waals surface area contributed by atoms with Gasteiger partial charge in [0.25, 0.3) is 0 Å². The van der Waals surface area contributed by atoms with E-state index < -0.39 is 0 Å². The van der Waals surface area contributed by atoms with E-state index in [0.29, 0.717) is 6.04 Å². The van der Waals surface area contributed by atoms with Gasteiger partial charge in [0, 0.05) is 6.04 Å². The molecule has 0 spiro atoms. The molecule has 1 atom stereocenters. The maximum atomic E-state index is 9.74. The lowest BCUT2D eigenvalue weighted by Gasteiger charge is -2.29. The second-order valence-corrected chi connectivity index (χ2v) is 5.85. The molecule has 2 nitrogen and oxygen atoms in total. The third kappa shape index (κ3) is 2.77. The first-order valence-corrected chi connectivity index (χ1v) is 7.26. The zero-order valence-corrected chi connectivity index (χ0v) is 11.8. The molecule has 1 unspecified atom stereocenters. The van der Waals surface area contributed by atoms with Crippen molar-refractivity contribution in [3.63, 3.8) is 0 Å². The predicted molar refractivity (Wildman–Crippen MR) is 82.5 cm³/mol. The topological polar surface area (TPSA) is 32.3 Å². The lowest BCUT2D eigenvalue weighted by atomic mass is 9.91. The van der Waals surface area contributed by atoms with Crippen LogP contribution in [0, 0.1) is 0 Å². The number of rotatable bonds is 5. The van der Waals surface area contributed by atoms with Crippen LogP contribution in [0.4, 0.5) is 0 Å². The highest BCUT2D eigenvalue weighted by molar-refractivity contribution is 5.63. The van der Waals surface area contributed by atoms with Crippen molar-refractivity contribution in [1.29, 1.82) is 0 Å². The van der Waals surface area contributed by atoms with E-state index in [1.54, 1.807) is 0 Å². The molecule has 0 aliphatic heterocycles. The summed E-state index contributed by atoms with van der Waals surface area (Å²) in [6.07, 6.45) is 2.44. The van der Waals surface area contributed by atoms with E-state index in [1.807, 2.05) is 6.07 Å². The summed E-state index contributed by atoms with van der Waals surface area (Å²) in [6, 6.07) is 19.4. The first-order valence-electron chi connectivity index (χ1n) is 7.26. The highest BCUT2D eigenvalue weighted by Gasteiger charge is 2.33. The van der Waals surface area contributed by atoms with Crippen LogP contribution in [-0.2, 0) is 5.54 Å². The Kier molecular flexibility index (Phi) is 3.60. The minimum absolute atomic E-state index is 0.119. The molecule has 2 aromatic carbocycles. The number of aliphatic hydroxyl groups excluding tert-OH is 1. The fourth-order valence-electron chi connectivity index (χ4n) is 2.56. The van der Waals surface area contributed by atoms with E-state index in [9.17, 15) is 5.11 Å². The molecule has 1 saturated carbocycles. The molecule has 104 valence electrons. The smallest absolute Gasteiger partial charge is 0.0652 e. The molecule has 0 heterocycles. The molecule has 3 rings (SSSR count). The largest absolute Gasteiger partial charge is 0.394 e. The molecule has 1 aliphatic carbocycles. The average Bonchev–Trinajstić information content (AvgIpc) is 3.32. The average molecular weight is 267 g/mol. The van der Waals surface area contributed by atoms with E-state index in [1.165, 1.54) is 24.0 Å². The van der Waals surface area contributed by atoms with Crippen LogP contribution in [0.3, 0.4) is 0 Å². The van der Waals surface area contributed by atoms with Crippen LogP contribution in [0.2, 0.25) is 0 Å². The minimum Gasteiger partial charge on any atom is -0.394 e. The van der Waals surface area contributed by atoms with Crippen LogP contribution < -0.4 is 5.32 Å². The second-order valence-electron chi connectivity index (χ2n) is 5.85. The SMILES string of the molecule is CC(CO)(NC1CC1)c1ccc(-c2ccccc2)cc1. The third-order valence-electron chi connectivity index (χ3n) is 4.05. The molecular formula is C18H21NO. The fraction of sp³-hybridized carbons (Fsp3) is 0.333.